The van der Waals surface area contributed by atoms with Crippen molar-refractivity contribution in [3.8, 4) is 5.75 Å². The van der Waals surface area contributed by atoms with Crippen molar-refractivity contribution in [2.75, 3.05) is 18.2 Å². The molecule has 2 aromatic rings. The van der Waals surface area contributed by atoms with Crippen molar-refractivity contribution in [2.24, 2.45) is 0 Å². The van der Waals surface area contributed by atoms with Gasteiger partial charge in [-0.3, -0.25) is 9.59 Å². The van der Waals surface area contributed by atoms with Gasteiger partial charge in [-0.05, 0) is 48.7 Å². The normalized spacial score (nSPS) is 13.1. The van der Waals surface area contributed by atoms with Crippen molar-refractivity contribution >= 4 is 29.1 Å². The molecule has 0 aromatic heterocycles. The summed E-state index contributed by atoms with van der Waals surface area (Å²) in [4.78, 5) is 24.9. The van der Waals surface area contributed by atoms with Gasteiger partial charge in [0.25, 0.3) is 5.91 Å². The van der Waals surface area contributed by atoms with E-state index in [2.05, 4.69) is 5.32 Å². The molecule has 0 unspecified atom stereocenters. The van der Waals surface area contributed by atoms with Gasteiger partial charge in [-0.15, -0.1) is 11.8 Å². The predicted octanol–water partition coefficient (Wildman–Crippen LogP) is 2.97. The summed E-state index contributed by atoms with van der Waals surface area (Å²) >= 11 is 1.63. The number of ether oxygens (including phenoxy) is 1. The van der Waals surface area contributed by atoms with Crippen LogP contribution in [0.15, 0.2) is 47.4 Å². The number of anilines is 1. The van der Waals surface area contributed by atoms with Crippen LogP contribution in [0.1, 0.15) is 15.9 Å². The number of rotatable bonds is 3. The van der Waals surface area contributed by atoms with Crippen molar-refractivity contribution in [3.63, 3.8) is 0 Å². The van der Waals surface area contributed by atoms with Gasteiger partial charge in [0.05, 0.1) is 5.69 Å². The second kappa shape index (κ2) is 5.61. The Kier molecular flexibility index (Phi) is 3.66. The first-order valence-electron chi connectivity index (χ1n) is 6.43. The van der Waals surface area contributed by atoms with Crippen molar-refractivity contribution in [3.05, 3.63) is 53.6 Å². The van der Waals surface area contributed by atoms with E-state index < -0.39 is 0 Å². The molecule has 1 N–H and O–H groups in total. The second-order valence-corrected chi connectivity index (χ2v) is 5.49. The van der Waals surface area contributed by atoms with Crippen molar-refractivity contribution < 1.29 is 14.3 Å². The largest absolute Gasteiger partial charge is 0.482 e. The molecule has 1 amide bonds. The Labute approximate surface area is 126 Å². The predicted molar refractivity (Wildman–Crippen MR) is 82.2 cm³/mol. The van der Waals surface area contributed by atoms with E-state index >= 15 is 0 Å². The summed E-state index contributed by atoms with van der Waals surface area (Å²) in [7, 11) is 0. The standard InChI is InChI=1S/C16H13NO3S/c1-21-12-5-2-10(3-6-12)16(19)11-4-7-14-13(8-11)17-15(18)9-20-14/h2-8H,9H2,1H3,(H,17,18). The van der Waals surface area contributed by atoms with Gasteiger partial charge in [-0.1, -0.05) is 0 Å². The van der Waals surface area contributed by atoms with Gasteiger partial charge in [-0.25, -0.2) is 0 Å². The highest BCUT2D eigenvalue weighted by molar-refractivity contribution is 7.98. The summed E-state index contributed by atoms with van der Waals surface area (Å²) in [5, 5.41) is 2.71. The first kappa shape index (κ1) is 13.7. The summed E-state index contributed by atoms with van der Waals surface area (Å²) in [6, 6.07) is 12.5. The Morgan fingerprint density at radius 1 is 1.14 bits per heavy atom. The summed E-state index contributed by atoms with van der Waals surface area (Å²) in [6.45, 7) is 0.0104. The van der Waals surface area contributed by atoms with Crippen LogP contribution in [-0.2, 0) is 4.79 Å². The lowest BCUT2D eigenvalue weighted by atomic mass is 10.0. The quantitative estimate of drug-likeness (QED) is 0.699. The lowest BCUT2D eigenvalue weighted by Gasteiger charge is -2.18. The van der Waals surface area contributed by atoms with E-state index in [1.165, 1.54) is 0 Å². The van der Waals surface area contributed by atoms with Gasteiger partial charge in [-0.2, -0.15) is 0 Å². The molecule has 21 heavy (non-hydrogen) atoms. The zero-order chi connectivity index (χ0) is 14.8. The summed E-state index contributed by atoms with van der Waals surface area (Å²) < 4.78 is 5.28. The molecule has 0 spiro atoms. The number of hydrogen-bond acceptors (Lipinski definition) is 4. The molecule has 106 valence electrons. The monoisotopic (exact) mass is 299 g/mol. The molecule has 0 bridgehead atoms. The van der Waals surface area contributed by atoms with Gasteiger partial charge in [0, 0.05) is 16.0 Å². The van der Waals surface area contributed by atoms with Crippen LogP contribution in [-0.4, -0.2) is 24.6 Å². The highest BCUT2D eigenvalue weighted by Crippen LogP contribution is 2.29. The van der Waals surface area contributed by atoms with Crippen LogP contribution in [0.25, 0.3) is 0 Å². The summed E-state index contributed by atoms with van der Waals surface area (Å²) in [5.41, 5.74) is 1.69. The third-order valence-corrected chi connectivity index (χ3v) is 3.97. The molecule has 0 atom stereocenters. The highest BCUT2D eigenvalue weighted by Gasteiger charge is 2.18. The smallest absolute Gasteiger partial charge is 0.262 e. The molecule has 1 heterocycles. The van der Waals surface area contributed by atoms with Crippen molar-refractivity contribution in [1.82, 2.24) is 0 Å². The van der Waals surface area contributed by atoms with Gasteiger partial charge in [0.15, 0.2) is 12.4 Å². The third-order valence-electron chi connectivity index (χ3n) is 3.23. The maximum Gasteiger partial charge on any atom is 0.262 e. The number of amides is 1. The van der Waals surface area contributed by atoms with Crippen LogP contribution in [0.5, 0.6) is 5.75 Å². The summed E-state index contributed by atoms with van der Waals surface area (Å²) in [6.07, 6.45) is 1.99. The Bertz CT molecular complexity index is 710. The fourth-order valence-electron chi connectivity index (χ4n) is 2.13. The van der Waals surface area contributed by atoms with E-state index in [1.807, 2.05) is 30.5 Å². The first-order valence-corrected chi connectivity index (χ1v) is 7.65. The van der Waals surface area contributed by atoms with Gasteiger partial charge >= 0.3 is 0 Å². The number of carbonyl (C=O) groups is 2. The lowest BCUT2D eigenvalue weighted by molar-refractivity contribution is -0.118. The maximum atomic E-state index is 12.5. The lowest BCUT2D eigenvalue weighted by Crippen LogP contribution is -2.25. The van der Waals surface area contributed by atoms with E-state index in [9.17, 15) is 9.59 Å². The molecular formula is C16H13NO3S. The van der Waals surface area contributed by atoms with E-state index in [-0.39, 0.29) is 18.3 Å². The van der Waals surface area contributed by atoms with Crippen LogP contribution in [0, 0.1) is 0 Å². The van der Waals surface area contributed by atoms with Gasteiger partial charge < -0.3 is 10.1 Å². The van der Waals surface area contributed by atoms with Crippen LogP contribution in [0.4, 0.5) is 5.69 Å². The van der Waals surface area contributed by atoms with Crippen LogP contribution in [0.3, 0.4) is 0 Å². The Balaban J connectivity index is 1.90. The molecule has 0 fully saturated rings. The topological polar surface area (TPSA) is 55.4 Å². The fraction of sp³-hybridized carbons (Fsp3) is 0.125. The minimum Gasteiger partial charge on any atom is -0.482 e. The molecule has 0 saturated carbocycles. The van der Waals surface area contributed by atoms with E-state index in [0.717, 1.165) is 4.90 Å². The zero-order valence-electron chi connectivity index (χ0n) is 11.4. The number of carbonyl (C=O) groups excluding carboxylic acids is 2. The summed E-state index contributed by atoms with van der Waals surface area (Å²) in [5.74, 6) is 0.297. The number of benzene rings is 2. The minimum atomic E-state index is -0.212. The molecular weight excluding hydrogens is 286 g/mol. The minimum absolute atomic E-state index is 0.0104. The van der Waals surface area contributed by atoms with Crippen molar-refractivity contribution in [1.29, 1.82) is 0 Å². The molecule has 1 aliphatic heterocycles. The van der Waals surface area contributed by atoms with Crippen LogP contribution in [0.2, 0.25) is 0 Å². The average molecular weight is 299 g/mol. The molecule has 2 aromatic carbocycles. The third kappa shape index (κ3) is 2.78. The molecule has 0 saturated heterocycles. The fourth-order valence-corrected chi connectivity index (χ4v) is 2.54. The van der Waals surface area contributed by atoms with Crippen molar-refractivity contribution in [2.45, 2.75) is 4.90 Å². The number of fused-ring (bicyclic) bond motifs is 1. The molecule has 3 rings (SSSR count). The Hall–Kier alpha value is -2.27. The van der Waals surface area contributed by atoms with E-state index in [0.29, 0.717) is 22.6 Å². The average Bonchev–Trinajstić information content (AvgIpc) is 2.53. The number of nitrogens with one attached hydrogen (secondary N) is 1. The van der Waals surface area contributed by atoms with E-state index in [4.69, 9.17) is 4.74 Å². The van der Waals surface area contributed by atoms with E-state index in [1.54, 1.807) is 30.0 Å². The van der Waals surface area contributed by atoms with Gasteiger partial charge in [0.2, 0.25) is 0 Å². The molecule has 5 heteroatoms. The van der Waals surface area contributed by atoms with Crippen LogP contribution < -0.4 is 10.1 Å². The highest BCUT2D eigenvalue weighted by atomic mass is 32.2. The Morgan fingerprint density at radius 3 is 2.57 bits per heavy atom. The number of ketones is 1. The second-order valence-electron chi connectivity index (χ2n) is 4.61. The SMILES string of the molecule is CSc1ccc(C(=O)c2ccc3c(c2)NC(=O)CO3)cc1. The number of hydrogen-bond donors (Lipinski definition) is 1. The maximum absolute atomic E-state index is 12.5. The number of thioether (sulfide) groups is 1. The van der Waals surface area contributed by atoms with Gasteiger partial charge in [0.1, 0.15) is 5.75 Å². The molecule has 0 radical (unpaired) electrons. The molecule has 1 aliphatic rings. The molecule has 4 nitrogen and oxygen atoms in total. The molecule has 0 aliphatic carbocycles. The first-order chi connectivity index (χ1) is 10.2. The Morgan fingerprint density at radius 2 is 1.86 bits per heavy atom. The zero-order valence-corrected chi connectivity index (χ0v) is 12.2. The van der Waals surface area contributed by atoms with Crippen LogP contribution >= 0.6 is 11.8 Å².